The van der Waals surface area contributed by atoms with Gasteiger partial charge in [-0.3, -0.25) is 14.9 Å². The number of hydrogen-bond acceptors (Lipinski definition) is 4. The summed E-state index contributed by atoms with van der Waals surface area (Å²) >= 11 is 0. The van der Waals surface area contributed by atoms with Crippen molar-refractivity contribution in [1.29, 1.82) is 0 Å². The summed E-state index contributed by atoms with van der Waals surface area (Å²) in [5.41, 5.74) is 0.554. The van der Waals surface area contributed by atoms with Crippen LogP contribution >= 0.6 is 0 Å². The van der Waals surface area contributed by atoms with E-state index in [0.29, 0.717) is 11.3 Å². The molecule has 1 fully saturated rings. The second-order valence-corrected chi connectivity index (χ2v) is 5.21. The molecule has 7 heteroatoms. The van der Waals surface area contributed by atoms with Gasteiger partial charge in [0, 0.05) is 0 Å². The molecule has 1 N–H and O–H groups in total. The maximum atomic E-state index is 13.1. The number of carbonyl (C=O) groups excluding carboxylic acids is 3. The third-order valence-corrected chi connectivity index (χ3v) is 3.61. The number of carbonyl (C=O) groups is 3. The van der Waals surface area contributed by atoms with Crippen molar-refractivity contribution in [1.82, 2.24) is 5.32 Å². The molecule has 4 amide bonds. The summed E-state index contributed by atoms with van der Waals surface area (Å²) in [7, 11) is 1.53. The minimum Gasteiger partial charge on any atom is -0.497 e. The standard InChI is InChI=1S/C18H13FN2O4/c1-25-14-8-2-11(3-9-14)10-15-16(22)20-18(24)21(17(15)23)13-6-4-12(19)5-7-13/h2-10H,1H3,(H,20,22,24)/b15-10+. The smallest absolute Gasteiger partial charge is 0.335 e. The number of methoxy groups -OCH3 is 1. The lowest BCUT2D eigenvalue weighted by Gasteiger charge is -2.26. The van der Waals surface area contributed by atoms with Gasteiger partial charge in [-0.15, -0.1) is 0 Å². The number of amides is 4. The lowest BCUT2D eigenvalue weighted by atomic mass is 10.1. The molecule has 0 bridgehead atoms. The van der Waals surface area contributed by atoms with Crippen molar-refractivity contribution >= 4 is 29.6 Å². The van der Waals surface area contributed by atoms with E-state index in [2.05, 4.69) is 5.32 Å². The molecule has 126 valence electrons. The predicted octanol–water partition coefficient (Wildman–Crippen LogP) is 2.50. The van der Waals surface area contributed by atoms with E-state index in [9.17, 15) is 18.8 Å². The van der Waals surface area contributed by atoms with E-state index >= 15 is 0 Å². The maximum Gasteiger partial charge on any atom is 0.335 e. The zero-order valence-electron chi connectivity index (χ0n) is 13.2. The summed E-state index contributed by atoms with van der Waals surface area (Å²) in [4.78, 5) is 37.5. The number of benzene rings is 2. The van der Waals surface area contributed by atoms with E-state index in [1.165, 1.54) is 25.3 Å². The quantitative estimate of drug-likeness (QED) is 0.688. The molecule has 25 heavy (non-hydrogen) atoms. The Kier molecular flexibility index (Phi) is 4.30. The first-order valence-corrected chi connectivity index (χ1v) is 7.30. The average molecular weight is 340 g/mol. The van der Waals surface area contributed by atoms with Crippen LogP contribution in [0.5, 0.6) is 5.75 Å². The fraction of sp³-hybridized carbons (Fsp3) is 0.0556. The average Bonchev–Trinajstić information content (AvgIpc) is 2.60. The van der Waals surface area contributed by atoms with Crippen molar-refractivity contribution in [3.8, 4) is 5.75 Å². The first-order valence-electron chi connectivity index (χ1n) is 7.30. The van der Waals surface area contributed by atoms with Crippen molar-refractivity contribution < 1.29 is 23.5 Å². The Morgan fingerprint density at radius 1 is 1.00 bits per heavy atom. The van der Waals surface area contributed by atoms with E-state index in [4.69, 9.17) is 4.74 Å². The van der Waals surface area contributed by atoms with Gasteiger partial charge in [0.25, 0.3) is 11.8 Å². The number of rotatable bonds is 3. The third kappa shape index (κ3) is 3.25. The number of nitrogens with one attached hydrogen (secondary N) is 1. The molecule has 0 aliphatic carbocycles. The van der Waals surface area contributed by atoms with Crippen LogP contribution in [0.4, 0.5) is 14.9 Å². The van der Waals surface area contributed by atoms with Gasteiger partial charge in [0.1, 0.15) is 17.1 Å². The summed E-state index contributed by atoms with van der Waals surface area (Å²) in [5.74, 6) is -1.44. The molecule has 2 aromatic rings. The molecule has 0 saturated carbocycles. The molecule has 1 aliphatic rings. The van der Waals surface area contributed by atoms with Crippen molar-refractivity contribution in [3.63, 3.8) is 0 Å². The summed E-state index contributed by atoms with van der Waals surface area (Å²) in [6.45, 7) is 0. The second-order valence-electron chi connectivity index (χ2n) is 5.21. The molecule has 0 aromatic heterocycles. The molecule has 2 aromatic carbocycles. The Morgan fingerprint density at radius 2 is 1.64 bits per heavy atom. The van der Waals surface area contributed by atoms with Gasteiger partial charge in [-0.25, -0.2) is 14.1 Å². The molecular formula is C18H13FN2O4. The Morgan fingerprint density at radius 3 is 2.24 bits per heavy atom. The number of nitrogens with zero attached hydrogens (tertiary/aromatic N) is 1. The minimum atomic E-state index is -0.881. The first-order chi connectivity index (χ1) is 12.0. The highest BCUT2D eigenvalue weighted by molar-refractivity contribution is 6.39. The SMILES string of the molecule is COc1ccc(/C=C2\C(=O)NC(=O)N(c3ccc(F)cc3)C2=O)cc1. The van der Waals surface area contributed by atoms with Crippen molar-refractivity contribution in [2.24, 2.45) is 0 Å². The highest BCUT2D eigenvalue weighted by Crippen LogP contribution is 2.22. The van der Waals surface area contributed by atoms with Crippen LogP contribution in [0.1, 0.15) is 5.56 Å². The monoisotopic (exact) mass is 340 g/mol. The number of halogens is 1. The molecule has 1 saturated heterocycles. The highest BCUT2D eigenvalue weighted by Gasteiger charge is 2.36. The van der Waals surface area contributed by atoms with Crippen LogP contribution in [0.15, 0.2) is 54.1 Å². The Labute approximate surface area is 142 Å². The molecule has 0 radical (unpaired) electrons. The number of hydrogen-bond donors (Lipinski definition) is 1. The van der Waals surface area contributed by atoms with Crippen LogP contribution in [0.2, 0.25) is 0 Å². The first kappa shape index (κ1) is 16.4. The molecular weight excluding hydrogens is 327 g/mol. The van der Waals surface area contributed by atoms with E-state index in [0.717, 1.165) is 17.0 Å². The summed E-state index contributed by atoms with van der Waals surface area (Å²) in [6.07, 6.45) is 1.38. The topological polar surface area (TPSA) is 75.7 Å². The zero-order chi connectivity index (χ0) is 18.0. The minimum absolute atomic E-state index is 0.164. The fourth-order valence-corrected chi connectivity index (χ4v) is 2.35. The fourth-order valence-electron chi connectivity index (χ4n) is 2.35. The Bertz CT molecular complexity index is 873. The number of ether oxygens (including phenoxy) is 1. The second kappa shape index (κ2) is 6.56. The van der Waals surface area contributed by atoms with E-state index in [1.54, 1.807) is 24.3 Å². The summed E-state index contributed by atoms with van der Waals surface area (Å²) in [6, 6.07) is 10.6. The maximum absolute atomic E-state index is 13.1. The van der Waals surface area contributed by atoms with E-state index in [1.807, 2.05) is 0 Å². The van der Waals surface area contributed by atoms with Gasteiger partial charge in [0.05, 0.1) is 12.8 Å². The van der Waals surface area contributed by atoms with E-state index in [-0.39, 0.29) is 11.3 Å². The van der Waals surface area contributed by atoms with Gasteiger partial charge in [-0.2, -0.15) is 0 Å². The largest absolute Gasteiger partial charge is 0.497 e. The van der Waals surface area contributed by atoms with E-state index < -0.39 is 23.7 Å². The van der Waals surface area contributed by atoms with Gasteiger partial charge in [-0.1, -0.05) is 12.1 Å². The zero-order valence-corrected chi connectivity index (χ0v) is 13.2. The molecule has 0 spiro atoms. The lowest BCUT2D eigenvalue weighted by molar-refractivity contribution is -0.122. The summed E-state index contributed by atoms with van der Waals surface area (Å²) in [5, 5.41) is 2.11. The van der Waals surface area contributed by atoms with Gasteiger partial charge in [-0.05, 0) is 48.0 Å². The third-order valence-electron chi connectivity index (χ3n) is 3.61. The van der Waals surface area contributed by atoms with Crippen molar-refractivity contribution in [2.75, 3.05) is 12.0 Å². The number of imide groups is 2. The number of anilines is 1. The summed E-state index contributed by atoms with van der Waals surface area (Å²) < 4.78 is 18.1. The number of urea groups is 1. The van der Waals surface area contributed by atoms with Gasteiger partial charge in [0.15, 0.2) is 0 Å². The molecule has 1 heterocycles. The Balaban J connectivity index is 1.97. The van der Waals surface area contributed by atoms with Crippen LogP contribution in [-0.2, 0) is 9.59 Å². The molecule has 3 rings (SSSR count). The highest BCUT2D eigenvalue weighted by atomic mass is 19.1. The lowest BCUT2D eigenvalue weighted by Crippen LogP contribution is -2.54. The van der Waals surface area contributed by atoms with Crippen LogP contribution in [0, 0.1) is 5.82 Å². The van der Waals surface area contributed by atoms with Crippen LogP contribution < -0.4 is 15.0 Å². The van der Waals surface area contributed by atoms with Crippen molar-refractivity contribution in [3.05, 3.63) is 65.5 Å². The normalized spacial score (nSPS) is 16.2. The molecule has 1 aliphatic heterocycles. The molecule has 0 unspecified atom stereocenters. The van der Waals surface area contributed by atoms with Gasteiger partial charge >= 0.3 is 6.03 Å². The number of barbiturate groups is 1. The van der Waals surface area contributed by atoms with Crippen molar-refractivity contribution in [2.45, 2.75) is 0 Å². The van der Waals surface area contributed by atoms with Crippen LogP contribution in [0.25, 0.3) is 6.08 Å². The van der Waals surface area contributed by atoms with Crippen LogP contribution in [-0.4, -0.2) is 25.0 Å². The van der Waals surface area contributed by atoms with Gasteiger partial charge in [0.2, 0.25) is 0 Å². The predicted molar refractivity (Wildman–Crippen MR) is 88.4 cm³/mol. The Hall–Kier alpha value is -3.48. The van der Waals surface area contributed by atoms with Gasteiger partial charge < -0.3 is 4.74 Å². The molecule has 0 atom stereocenters. The molecule has 6 nitrogen and oxygen atoms in total. The van der Waals surface area contributed by atoms with Crippen LogP contribution in [0.3, 0.4) is 0 Å².